The first kappa shape index (κ1) is 12.4. The number of amides is 1. The normalized spacial score (nSPS) is 19.6. The number of nitrogens with zero attached hydrogens (tertiary/aromatic N) is 2. The first-order valence-electron chi connectivity index (χ1n) is 5.01. The van der Waals surface area contributed by atoms with Crippen molar-refractivity contribution >= 4 is 15.9 Å². The third-order valence-electron chi connectivity index (χ3n) is 2.95. The summed E-state index contributed by atoms with van der Waals surface area (Å²) in [6, 6.07) is 0.0376. The topological polar surface area (TPSA) is 57.7 Å². The molecule has 0 aliphatic carbocycles. The van der Waals surface area contributed by atoms with Gasteiger partial charge in [0, 0.05) is 33.1 Å². The Kier molecular flexibility index (Phi) is 3.72. The zero-order valence-corrected chi connectivity index (χ0v) is 10.2. The lowest BCUT2D eigenvalue weighted by Crippen LogP contribution is -2.46. The van der Waals surface area contributed by atoms with Gasteiger partial charge in [-0.25, -0.2) is 12.7 Å². The second-order valence-corrected chi connectivity index (χ2v) is 6.06. The van der Waals surface area contributed by atoms with Crippen molar-refractivity contribution in [1.82, 2.24) is 9.21 Å². The number of piperidine rings is 1. The van der Waals surface area contributed by atoms with Crippen molar-refractivity contribution in [3.63, 3.8) is 0 Å². The van der Waals surface area contributed by atoms with Crippen LogP contribution in [0.1, 0.15) is 19.8 Å². The van der Waals surface area contributed by atoms with E-state index in [0.717, 1.165) is 12.8 Å². The van der Waals surface area contributed by atoms with Crippen LogP contribution in [0, 0.1) is 0 Å². The van der Waals surface area contributed by atoms with Crippen LogP contribution in [0.3, 0.4) is 0 Å². The van der Waals surface area contributed by atoms with E-state index >= 15 is 0 Å². The number of hydrogen-bond acceptors (Lipinski definition) is 3. The third-order valence-corrected chi connectivity index (χ3v) is 4.29. The molecule has 88 valence electrons. The van der Waals surface area contributed by atoms with Gasteiger partial charge in [-0.05, 0) is 12.8 Å². The third kappa shape index (κ3) is 3.17. The Morgan fingerprint density at radius 1 is 1.33 bits per heavy atom. The van der Waals surface area contributed by atoms with Crippen LogP contribution in [-0.2, 0) is 14.8 Å². The Bertz CT molecular complexity index is 331. The molecular weight excluding hydrogens is 216 g/mol. The van der Waals surface area contributed by atoms with Gasteiger partial charge in [-0.1, -0.05) is 0 Å². The highest BCUT2D eigenvalue weighted by Crippen LogP contribution is 2.17. The average molecular weight is 234 g/mol. The Labute approximate surface area is 91.1 Å². The van der Waals surface area contributed by atoms with E-state index < -0.39 is 10.0 Å². The highest BCUT2D eigenvalue weighted by atomic mass is 32.2. The smallest absolute Gasteiger partial charge is 0.219 e. The van der Waals surface area contributed by atoms with Crippen molar-refractivity contribution < 1.29 is 13.2 Å². The molecule has 1 heterocycles. The maximum atomic E-state index is 11.3. The minimum Gasteiger partial charge on any atom is -0.343 e. The van der Waals surface area contributed by atoms with E-state index in [2.05, 4.69) is 0 Å². The van der Waals surface area contributed by atoms with Crippen molar-refractivity contribution in [2.75, 3.05) is 26.4 Å². The van der Waals surface area contributed by atoms with Gasteiger partial charge in [-0.2, -0.15) is 0 Å². The van der Waals surface area contributed by atoms with E-state index in [9.17, 15) is 13.2 Å². The first-order chi connectivity index (χ1) is 6.82. The molecule has 1 saturated heterocycles. The Morgan fingerprint density at radius 2 is 1.80 bits per heavy atom. The first-order valence-corrected chi connectivity index (χ1v) is 6.85. The summed E-state index contributed by atoms with van der Waals surface area (Å²) < 4.78 is 24.0. The minimum atomic E-state index is -3.11. The fourth-order valence-corrected chi connectivity index (χ4v) is 2.57. The van der Waals surface area contributed by atoms with Crippen LogP contribution in [-0.4, -0.2) is 56.0 Å². The van der Waals surface area contributed by atoms with Gasteiger partial charge in [0.1, 0.15) is 0 Å². The Balaban J connectivity index is 2.55. The number of hydrogen-bond donors (Lipinski definition) is 0. The van der Waals surface area contributed by atoms with E-state index in [1.165, 1.54) is 10.6 Å². The monoisotopic (exact) mass is 234 g/mol. The van der Waals surface area contributed by atoms with Crippen LogP contribution in [0.5, 0.6) is 0 Å². The fourth-order valence-electron chi connectivity index (χ4n) is 1.82. The zero-order chi connectivity index (χ0) is 11.6. The van der Waals surface area contributed by atoms with Gasteiger partial charge < -0.3 is 4.90 Å². The van der Waals surface area contributed by atoms with E-state index in [4.69, 9.17) is 0 Å². The summed E-state index contributed by atoms with van der Waals surface area (Å²) in [6.07, 6.45) is 2.66. The molecule has 0 spiro atoms. The summed E-state index contributed by atoms with van der Waals surface area (Å²) in [6.45, 7) is 2.85. The lowest BCUT2D eigenvalue weighted by Gasteiger charge is -2.35. The van der Waals surface area contributed by atoms with Crippen LogP contribution < -0.4 is 0 Å². The van der Waals surface area contributed by atoms with Crippen LogP contribution in [0.25, 0.3) is 0 Å². The van der Waals surface area contributed by atoms with Crippen molar-refractivity contribution in [3.8, 4) is 0 Å². The standard InChI is InChI=1S/C9H18N2O3S/c1-8(12)11-6-4-9(5-7-11)10(2)15(3,13)14/h9H,4-7H2,1-3H3. The molecule has 1 rings (SSSR count). The lowest BCUT2D eigenvalue weighted by molar-refractivity contribution is -0.130. The van der Waals surface area contributed by atoms with Gasteiger partial charge in [0.05, 0.1) is 6.26 Å². The van der Waals surface area contributed by atoms with Crippen LogP contribution in [0.4, 0.5) is 0 Å². The molecule has 0 saturated carbocycles. The van der Waals surface area contributed by atoms with E-state index in [-0.39, 0.29) is 11.9 Å². The minimum absolute atomic E-state index is 0.0376. The Hall–Kier alpha value is -0.620. The molecule has 0 N–H and O–H groups in total. The van der Waals surface area contributed by atoms with Crippen molar-refractivity contribution in [2.45, 2.75) is 25.8 Å². The highest BCUT2D eigenvalue weighted by Gasteiger charge is 2.27. The molecular formula is C9H18N2O3S. The van der Waals surface area contributed by atoms with Gasteiger partial charge in [0.15, 0.2) is 0 Å². The van der Waals surface area contributed by atoms with Gasteiger partial charge in [0.2, 0.25) is 15.9 Å². The second kappa shape index (κ2) is 4.49. The van der Waals surface area contributed by atoms with Crippen LogP contribution in [0.2, 0.25) is 0 Å². The van der Waals surface area contributed by atoms with Gasteiger partial charge in [-0.3, -0.25) is 4.79 Å². The molecule has 0 atom stereocenters. The number of carbonyl (C=O) groups excluding carboxylic acids is 1. The summed E-state index contributed by atoms with van der Waals surface area (Å²) in [7, 11) is -1.51. The van der Waals surface area contributed by atoms with Crippen molar-refractivity contribution in [3.05, 3.63) is 0 Å². The molecule has 0 aromatic heterocycles. The summed E-state index contributed by atoms with van der Waals surface area (Å²) in [5.74, 6) is 0.0652. The molecule has 0 bridgehead atoms. The molecule has 5 nitrogen and oxygen atoms in total. The summed E-state index contributed by atoms with van der Waals surface area (Å²) in [4.78, 5) is 12.8. The fraction of sp³-hybridized carbons (Fsp3) is 0.889. The molecule has 15 heavy (non-hydrogen) atoms. The van der Waals surface area contributed by atoms with Crippen molar-refractivity contribution in [2.24, 2.45) is 0 Å². The average Bonchev–Trinajstić information content (AvgIpc) is 2.15. The number of likely N-dealkylation sites (tertiary alicyclic amines) is 1. The van der Waals surface area contributed by atoms with Gasteiger partial charge in [-0.15, -0.1) is 0 Å². The SMILES string of the molecule is CC(=O)N1CCC(N(C)S(C)(=O)=O)CC1. The van der Waals surface area contributed by atoms with Crippen molar-refractivity contribution in [1.29, 1.82) is 0 Å². The molecule has 1 aliphatic rings. The number of sulfonamides is 1. The number of rotatable bonds is 2. The molecule has 0 aromatic carbocycles. The van der Waals surface area contributed by atoms with Gasteiger partial charge >= 0.3 is 0 Å². The molecule has 6 heteroatoms. The molecule has 0 radical (unpaired) electrons. The lowest BCUT2D eigenvalue weighted by atomic mass is 10.1. The summed E-state index contributed by atoms with van der Waals surface area (Å²) >= 11 is 0. The van der Waals surface area contributed by atoms with Crippen LogP contribution in [0.15, 0.2) is 0 Å². The Morgan fingerprint density at radius 3 is 2.13 bits per heavy atom. The largest absolute Gasteiger partial charge is 0.343 e. The predicted octanol–water partition coefficient (Wildman–Crippen LogP) is -0.111. The van der Waals surface area contributed by atoms with E-state index in [1.54, 1.807) is 18.9 Å². The predicted molar refractivity (Wildman–Crippen MR) is 57.9 cm³/mol. The van der Waals surface area contributed by atoms with E-state index in [0.29, 0.717) is 13.1 Å². The maximum absolute atomic E-state index is 11.3. The zero-order valence-electron chi connectivity index (χ0n) is 9.43. The molecule has 1 aliphatic heterocycles. The highest BCUT2D eigenvalue weighted by molar-refractivity contribution is 7.88. The second-order valence-electron chi connectivity index (χ2n) is 4.02. The summed E-state index contributed by atoms with van der Waals surface area (Å²) in [5, 5.41) is 0. The maximum Gasteiger partial charge on any atom is 0.219 e. The molecule has 0 unspecified atom stereocenters. The molecule has 0 aromatic rings. The number of carbonyl (C=O) groups is 1. The van der Waals surface area contributed by atoms with Gasteiger partial charge in [0.25, 0.3) is 0 Å². The van der Waals surface area contributed by atoms with E-state index in [1.807, 2.05) is 0 Å². The molecule has 1 amide bonds. The molecule has 1 fully saturated rings. The van der Waals surface area contributed by atoms with Crippen LogP contribution >= 0.6 is 0 Å². The quantitative estimate of drug-likeness (QED) is 0.670. The summed E-state index contributed by atoms with van der Waals surface area (Å²) in [5.41, 5.74) is 0.